The van der Waals surface area contributed by atoms with Crippen LogP contribution in [0.2, 0.25) is 0 Å². The van der Waals surface area contributed by atoms with E-state index >= 15 is 0 Å². The monoisotopic (exact) mass is 267 g/mol. The summed E-state index contributed by atoms with van der Waals surface area (Å²) in [7, 11) is 3.20. The maximum atomic E-state index is 10.5. The van der Waals surface area contributed by atoms with Gasteiger partial charge < -0.3 is 20.3 Å². The number of rotatable bonds is 7. The van der Waals surface area contributed by atoms with Gasteiger partial charge in [-0.3, -0.25) is 4.79 Å². The third-order valence-electron chi connectivity index (χ3n) is 3.12. The van der Waals surface area contributed by atoms with Crippen LogP contribution in [0.15, 0.2) is 12.1 Å². The van der Waals surface area contributed by atoms with E-state index in [2.05, 4.69) is 0 Å². The van der Waals surface area contributed by atoms with Crippen LogP contribution in [0.25, 0.3) is 0 Å². The summed E-state index contributed by atoms with van der Waals surface area (Å²) in [6.07, 6.45) is 1.28. The number of hydrogen-bond acceptors (Lipinski definition) is 4. The average molecular weight is 267 g/mol. The van der Waals surface area contributed by atoms with Crippen molar-refractivity contribution in [2.45, 2.75) is 32.2 Å². The highest BCUT2D eigenvalue weighted by Gasteiger charge is 2.16. The van der Waals surface area contributed by atoms with Crippen molar-refractivity contribution in [2.24, 2.45) is 5.73 Å². The van der Waals surface area contributed by atoms with Gasteiger partial charge in [0.05, 0.1) is 14.2 Å². The summed E-state index contributed by atoms with van der Waals surface area (Å²) in [6.45, 7) is 1.91. The van der Waals surface area contributed by atoms with Crippen LogP contribution >= 0.6 is 0 Å². The maximum absolute atomic E-state index is 10.5. The fourth-order valence-corrected chi connectivity index (χ4v) is 2.11. The van der Waals surface area contributed by atoms with Crippen molar-refractivity contribution >= 4 is 5.97 Å². The fourth-order valence-electron chi connectivity index (χ4n) is 2.11. The minimum absolute atomic E-state index is 0.130. The van der Waals surface area contributed by atoms with Crippen LogP contribution in [0.4, 0.5) is 0 Å². The zero-order valence-electron chi connectivity index (χ0n) is 11.6. The third kappa shape index (κ3) is 3.86. The van der Waals surface area contributed by atoms with Gasteiger partial charge in [0.25, 0.3) is 0 Å². The van der Waals surface area contributed by atoms with Crippen molar-refractivity contribution in [3.05, 3.63) is 23.3 Å². The zero-order chi connectivity index (χ0) is 14.4. The van der Waals surface area contributed by atoms with Crippen molar-refractivity contribution in [1.82, 2.24) is 0 Å². The van der Waals surface area contributed by atoms with Crippen molar-refractivity contribution in [2.75, 3.05) is 14.2 Å². The van der Waals surface area contributed by atoms with Gasteiger partial charge in [-0.25, -0.2) is 0 Å². The molecule has 0 aromatic heterocycles. The van der Waals surface area contributed by atoms with Crippen molar-refractivity contribution in [3.8, 4) is 11.5 Å². The minimum Gasteiger partial charge on any atom is -0.496 e. The maximum Gasteiger partial charge on any atom is 0.303 e. The van der Waals surface area contributed by atoms with Gasteiger partial charge in [0, 0.05) is 23.6 Å². The van der Waals surface area contributed by atoms with Gasteiger partial charge in [-0.15, -0.1) is 0 Å². The van der Waals surface area contributed by atoms with E-state index in [4.69, 9.17) is 20.3 Å². The molecule has 1 rings (SSSR count). The van der Waals surface area contributed by atoms with E-state index < -0.39 is 5.97 Å². The number of methoxy groups -OCH3 is 2. The topological polar surface area (TPSA) is 81.8 Å². The molecule has 1 aromatic carbocycles. The largest absolute Gasteiger partial charge is 0.496 e. The second kappa shape index (κ2) is 6.99. The molecule has 19 heavy (non-hydrogen) atoms. The smallest absolute Gasteiger partial charge is 0.303 e. The lowest BCUT2D eigenvalue weighted by molar-refractivity contribution is -0.137. The van der Waals surface area contributed by atoms with E-state index in [0.717, 1.165) is 16.9 Å². The molecule has 5 nitrogen and oxygen atoms in total. The number of nitrogens with two attached hydrogens (primary N) is 1. The van der Waals surface area contributed by atoms with E-state index in [9.17, 15) is 4.79 Å². The molecule has 3 N–H and O–H groups in total. The zero-order valence-corrected chi connectivity index (χ0v) is 11.6. The highest BCUT2D eigenvalue weighted by Crippen LogP contribution is 2.35. The molecule has 0 aliphatic heterocycles. The summed E-state index contributed by atoms with van der Waals surface area (Å²) in [5.41, 5.74) is 7.88. The molecule has 0 amide bonds. The van der Waals surface area contributed by atoms with Crippen LogP contribution in [-0.2, 0) is 4.79 Å². The van der Waals surface area contributed by atoms with E-state index in [1.807, 2.05) is 19.1 Å². The first-order valence-electron chi connectivity index (χ1n) is 6.20. The van der Waals surface area contributed by atoms with E-state index in [-0.39, 0.29) is 12.5 Å². The Labute approximate surface area is 113 Å². The van der Waals surface area contributed by atoms with Gasteiger partial charge in [0.15, 0.2) is 0 Å². The molecule has 0 fully saturated rings. The Hall–Kier alpha value is -1.75. The quantitative estimate of drug-likeness (QED) is 0.792. The molecule has 0 saturated heterocycles. The molecule has 0 aliphatic carbocycles. The van der Waals surface area contributed by atoms with Crippen LogP contribution < -0.4 is 15.2 Å². The molecule has 0 bridgehead atoms. The lowest BCUT2D eigenvalue weighted by atomic mass is 9.98. The molecule has 0 radical (unpaired) electrons. The van der Waals surface area contributed by atoms with Crippen LogP contribution in [-0.4, -0.2) is 25.3 Å². The SMILES string of the molecule is COc1ccc(C(N)CCCC(=O)O)c(OC)c1C. The molecule has 1 unspecified atom stereocenters. The Balaban J connectivity index is 2.87. The first-order valence-corrected chi connectivity index (χ1v) is 6.20. The number of benzene rings is 1. The van der Waals surface area contributed by atoms with Crippen LogP contribution in [0.5, 0.6) is 11.5 Å². The number of carboxylic acids is 1. The van der Waals surface area contributed by atoms with Crippen molar-refractivity contribution < 1.29 is 19.4 Å². The lowest BCUT2D eigenvalue weighted by Crippen LogP contribution is -2.13. The van der Waals surface area contributed by atoms with Crippen molar-refractivity contribution in [1.29, 1.82) is 0 Å². The molecule has 0 saturated carbocycles. The lowest BCUT2D eigenvalue weighted by Gasteiger charge is -2.19. The Morgan fingerprint density at radius 3 is 2.58 bits per heavy atom. The summed E-state index contributed by atoms with van der Waals surface area (Å²) in [6, 6.07) is 3.49. The molecule has 5 heteroatoms. The summed E-state index contributed by atoms with van der Waals surface area (Å²) < 4.78 is 10.6. The summed E-state index contributed by atoms with van der Waals surface area (Å²) >= 11 is 0. The predicted molar refractivity (Wildman–Crippen MR) is 72.7 cm³/mol. The second-order valence-electron chi connectivity index (χ2n) is 4.41. The first kappa shape index (κ1) is 15.3. The van der Waals surface area contributed by atoms with E-state index in [1.165, 1.54) is 0 Å². The Morgan fingerprint density at radius 2 is 2.05 bits per heavy atom. The second-order valence-corrected chi connectivity index (χ2v) is 4.41. The Bertz CT molecular complexity index is 445. The molecule has 0 heterocycles. The van der Waals surface area contributed by atoms with E-state index in [0.29, 0.717) is 18.6 Å². The number of hydrogen-bond donors (Lipinski definition) is 2. The van der Waals surface area contributed by atoms with Crippen LogP contribution in [0.3, 0.4) is 0 Å². The number of carbonyl (C=O) groups is 1. The minimum atomic E-state index is -0.801. The third-order valence-corrected chi connectivity index (χ3v) is 3.12. The molecule has 1 aromatic rings. The fraction of sp³-hybridized carbons (Fsp3) is 0.500. The molecular weight excluding hydrogens is 246 g/mol. The summed E-state index contributed by atoms with van der Waals surface area (Å²) in [5.74, 6) is 0.658. The van der Waals surface area contributed by atoms with Crippen molar-refractivity contribution in [3.63, 3.8) is 0 Å². The van der Waals surface area contributed by atoms with Gasteiger partial charge in [-0.05, 0) is 25.8 Å². The molecule has 106 valence electrons. The number of carboxylic acid groups (broad SMARTS) is 1. The Kier molecular flexibility index (Phi) is 5.63. The highest BCUT2D eigenvalue weighted by molar-refractivity contribution is 5.66. The highest BCUT2D eigenvalue weighted by atomic mass is 16.5. The van der Waals surface area contributed by atoms with Gasteiger partial charge in [0.1, 0.15) is 11.5 Å². The van der Waals surface area contributed by atoms with Gasteiger partial charge in [0.2, 0.25) is 0 Å². The van der Waals surface area contributed by atoms with E-state index in [1.54, 1.807) is 14.2 Å². The van der Waals surface area contributed by atoms with Gasteiger partial charge in [-0.2, -0.15) is 0 Å². The summed E-state index contributed by atoms with van der Waals surface area (Å²) in [5, 5.41) is 8.63. The Morgan fingerprint density at radius 1 is 1.37 bits per heavy atom. The standard InChI is InChI=1S/C14H21NO4/c1-9-12(18-2)8-7-10(14(9)19-3)11(15)5-4-6-13(16)17/h7-8,11H,4-6,15H2,1-3H3,(H,16,17). The first-order chi connectivity index (χ1) is 9.01. The molecule has 0 aliphatic rings. The molecule has 1 atom stereocenters. The normalized spacial score (nSPS) is 12.0. The van der Waals surface area contributed by atoms with Crippen LogP contribution in [0.1, 0.15) is 36.4 Å². The average Bonchev–Trinajstić information content (AvgIpc) is 2.37. The predicted octanol–water partition coefficient (Wildman–Crippen LogP) is 2.27. The summed E-state index contributed by atoms with van der Waals surface area (Å²) in [4.78, 5) is 10.5. The number of aliphatic carboxylic acids is 1. The van der Waals surface area contributed by atoms with Crippen LogP contribution in [0, 0.1) is 6.92 Å². The number of ether oxygens (including phenoxy) is 2. The van der Waals surface area contributed by atoms with Gasteiger partial charge in [-0.1, -0.05) is 6.07 Å². The molecular formula is C14H21NO4. The molecule has 0 spiro atoms. The van der Waals surface area contributed by atoms with Gasteiger partial charge >= 0.3 is 5.97 Å².